The maximum atomic E-state index is 13.8. The number of benzene rings is 4. The van der Waals surface area contributed by atoms with Crippen molar-refractivity contribution in [2.45, 2.75) is 25.7 Å². The Kier molecular flexibility index (Phi) is 5.96. The maximum Gasteiger partial charge on any atom is 0.193 e. The van der Waals surface area contributed by atoms with Gasteiger partial charge >= 0.3 is 0 Å². The van der Waals surface area contributed by atoms with Crippen LogP contribution in [0.5, 0.6) is 0 Å². The van der Waals surface area contributed by atoms with Gasteiger partial charge in [-0.25, -0.2) is 0 Å². The van der Waals surface area contributed by atoms with Gasteiger partial charge in [-0.3, -0.25) is 4.79 Å². The molecule has 4 aromatic carbocycles. The van der Waals surface area contributed by atoms with Gasteiger partial charge < -0.3 is 9.97 Å². The van der Waals surface area contributed by atoms with Crippen LogP contribution in [0, 0.1) is 0 Å². The number of aromatic nitrogens is 2. The zero-order chi connectivity index (χ0) is 24.3. The Labute approximate surface area is 210 Å². The van der Waals surface area contributed by atoms with Crippen molar-refractivity contribution in [1.82, 2.24) is 9.97 Å². The molecule has 0 aliphatic heterocycles. The fourth-order valence-electron chi connectivity index (χ4n) is 5.28. The molecule has 0 aliphatic carbocycles. The fraction of sp³-hybridized carbons (Fsp3) is 0.121. The fourth-order valence-corrected chi connectivity index (χ4v) is 5.28. The highest BCUT2D eigenvalue weighted by Gasteiger charge is 2.17. The zero-order valence-electron chi connectivity index (χ0n) is 20.1. The van der Waals surface area contributed by atoms with Crippen molar-refractivity contribution >= 4 is 27.6 Å². The number of ketones is 1. The minimum atomic E-state index is 0.110. The van der Waals surface area contributed by atoms with Crippen molar-refractivity contribution in [1.29, 1.82) is 0 Å². The summed E-state index contributed by atoms with van der Waals surface area (Å²) in [5, 5.41) is 2.51. The number of nitrogens with one attached hydrogen (secondary N) is 2. The van der Waals surface area contributed by atoms with Gasteiger partial charge in [-0.05, 0) is 60.1 Å². The summed E-state index contributed by atoms with van der Waals surface area (Å²) in [5.74, 6) is 0.110. The molecule has 176 valence electrons. The summed E-state index contributed by atoms with van der Waals surface area (Å²) in [6.45, 7) is 0. The number of hydrogen-bond donors (Lipinski definition) is 2. The van der Waals surface area contributed by atoms with E-state index in [1.165, 1.54) is 21.9 Å². The second-order valence-corrected chi connectivity index (χ2v) is 9.36. The first-order chi connectivity index (χ1) is 17.8. The predicted octanol–water partition coefficient (Wildman–Crippen LogP) is 7.45. The smallest absolute Gasteiger partial charge is 0.193 e. The number of para-hydroxylation sites is 2. The Morgan fingerprint density at radius 1 is 0.472 bits per heavy atom. The third-order valence-corrected chi connectivity index (χ3v) is 7.20. The van der Waals surface area contributed by atoms with E-state index in [4.69, 9.17) is 0 Å². The Morgan fingerprint density at radius 2 is 0.861 bits per heavy atom. The van der Waals surface area contributed by atoms with Crippen LogP contribution >= 0.6 is 0 Å². The van der Waals surface area contributed by atoms with E-state index in [9.17, 15) is 4.79 Å². The number of rotatable bonds is 8. The average Bonchev–Trinajstić information content (AvgIpc) is 3.55. The Balaban J connectivity index is 1.24. The van der Waals surface area contributed by atoms with Crippen molar-refractivity contribution in [2.24, 2.45) is 0 Å². The quantitative estimate of drug-likeness (QED) is 0.224. The molecule has 3 nitrogen and oxygen atoms in total. The largest absolute Gasteiger partial charge is 0.361 e. The molecular weight excluding hydrogens is 440 g/mol. The zero-order valence-corrected chi connectivity index (χ0v) is 20.1. The highest BCUT2D eigenvalue weighted by Crippen LogP contribution is 2.24. The van der Waals surface area contributed by atoms with E-state index in [0.717, 1.165) is 59.0 Å². The van der Waals surface area contributed by atoms with Crippen LogP contribution < -0.4 is 0 Å². The lowest BCUT2D eigenvalue weighted by Gasteiger charge is -2.12. The third-order valence-electron chi connectivity index (χ3n) is 7.20. The molecule has 0 spiro atoms. The van der Waals surface area contributed by atoms with Gasteiger partial charge in [-0.2, -0.15) is 0 Å². The highest BCUT2D eigenvalue weighted by molar-refractivity contribution is 6.10. The molecule has 6 aromatic rings. The van der Waals surface area contributed by atoms with Gasteiger partial charge in [0.1, 0.15) is 0 Å². The lowest BCUT2D eigenvalue weighted by Crippen LogP contribution is -2.09. The van der Waals surface area contributed by atoms with E-state index in [0.29, 0.717) is 0 Å². The number of H-pyrrole nitrogens is 2. The Hall–Kier alpha value is -4.37. The first kappa shape index (κ1) is 22.1. The minimum absolute atomic E-state index is 0.110. The third kappa shape index (κ3) is 4.25. The molecule has 0 atom stereocenters. The number of carbonyl (C=O) groups is 1. The summed E-state index contributed by atoms with van der Waals surface area (Å²) in [6.07, 6.45) is 7.60. The van der Waals surface area contributed by atoms with E-state index in [1.807, 2.05) is 48.5 Å². The van der Waals surface area contributed by atoms with Crippen LogP contribution in [-0.2, 0) is 25.7 Å². The molecule has 0 radical (unpaired) electrons. The van der Waals surface area contributed by atoms with E-state index in [1.54, 1.807) is 0 Å². The number of hydrogen-bond acceptors (Lipinski definition) is 1. The summed E-state index contributed by atoms with van der Waals surface area (Å²) in [6, 6.07) is 32.9. The van der Waals surface area contributed by atoms with Crippen LogP contribution in [0.2, 0.25) is 0 Å². The van der Waals surface area contributed by atoms with E-state index in [2.05, 4.69) is 70.9 Å². The molecule has 6 rings (SSSR count). The van der Waals surface area contributed by atoms with E-state index in [-0.39, 0.29) is 5.78 Å². The number of fused-ring (bicyclic) bond motifs is 2. The summed E-state index contributed by atoms with van der Waals surface area (Å²) < 4.78 is 0. The molecule has 0 bridgehead atoms. The molecule has 0 unspecified atom stereocenters. The maximum absolute atomic E-state index is 13.8. The van der Waals surface area contributed by atoms with Crippen molar-refractivity contribution in [3.05, 3.63) is 143 Å². The molecule has 2 heterocycles. The van der Waals surface area contributed by atoms with Crippen LogP contribution in [0.3, 0.4) is 0 Å². The first-order valence-corrected chi connectivity index (χ1v) is 12.6. The minimum Gasteiger partial charge on any atom is -0.361 e. The first-order valence-electron chi connectivity index (χ1n) is 12.6. The number of carbonyl (C=O) groups excluding carboxylic acids is 1. The van der Waals surface area contributed by atoms with Gasteiger partial charge in [0.15, 0.2) is 5.78 Å². The summed E-state index contributed by atoms with van der Waals surface area (Å²) in [4.78, 5) is 20.5. The summed E-state index contributed by atoms with van der Waals surface area (Å²) >= 11 is 0. The van der Waals surface area contributed by atoms with Gasteiger partial charge in [-0.15, -0.1) is 0 Å². The van der Waals surface area contributed by atoms with Gasteiger partial charge in [0.25, 0.3) is 0 Å². The van der Waals surface area contributed by atoms with E-state index < -0.39 is 0 Å². The lowest BCUT2D eigenvalue weighted by atomic mass is 9.90. The average molecular weight is 469 g/mol. The predicted molar refractivity (Wildman–Crippen MR) is 148 cm³/mol. The molecule has 0 fully saturated rings. The topological polar surface area (TPSA) is 48.6 Å². The normalized spacial score (nSPS) is 11.3. The monoisotopic (exact) mass is 468 g/mol. The molecule has 0 amide bonds. The molecular formula is C33H28N2O. The Morgan fingerprint density at radius 3 is 1.36 bits per heavy atom. The SMILES string of the molecule is O=C(c1ccccc1CCc1c[nH]c2ccccc12)c1ccccc1CCc1c[nH]c2ccccc12. The van der Waals surface area contributed by atoms with Crippen LogP contribution in [0.4, 0.5) is 0 Å². The summed E-state index contributed by atoms with van der Waals surface area (Å²) in [5.41, 5.74) is 8.67. The van der Waals surface area contributed by atoms with Gasteiger partial charge in [0, 0.05) is 45.3 Å². The van der Waals surface area contributed by atoms with Crippen molar-refractivity contribution in [2.75, 3.05) is 0 Å². The van der Waals surface area contributed by atoms with Crippen LogP contribution in [-0.4, -0.2) is 15.8 Å². The molecule has 0 saturated carbocycles. The standard InChI is InChI=1S/C33H28N2O/c36-33(29-13-3-1-9-23(29)17-19-25-21-34-31-15-7-5-11-27(25)31)30-14-4-2-10-24(30)18-20-26-22-35-32-16-8-6-12-28(26)32/h1-16,21-22,34-35H,17-20H2. The summed E-state index contributed by atoms with van der Waals surface area (Å²) in [7, 11) is 0. The van der Waals surface area contributed by atoms with Crippen molar-refractivity contribution in [3.63, 3.8) is 0 Å². The molecule has 0 aliphatic rings. The molecule has 2 N–H and O–H groups in total. The highest BCUT2D eigenvalue weighted by atomic mass is 16.1. The Bertz CT molecular complexity index is 1550. The van der Waals surface area contributed by atoms with Crippen molar-refractivity contribution < 1.29 is 4.79 Å². The van der Waals surface area contributed by atoms with Gasteiger partial charge in [0.05, 0.1) is 0 Å². The second kappa shape index (κ2) is 9.71. The second-order valence-electron chi connectivity index (χ2n) is 9.36. The van der Waals surface area contributed by atoms with Crippen LogP contribution in [0.15, 0.2) is 109 Å². The van der Waals surface area contributed by atoms with Gasteiger partial charge in [0.2, 0.25) is 0 Å². The van der Waals surface area contributed by atoms with Gasteiger partial charge in [-0.1, -0.05) is 84.9 Å². The molecule has 3 heteroatoms. The van der Waals surface area contributed by atoms with Crippen molar-refractivity contribution in [3.8, 4) is 0 Å². The molecule has 2 aromatic heterocycles. The van der Waals surface area contributed by atoms with Crippen LogP contribution in [0.25, 0.3) is 21.8 Å². The molecule has 0 saturated heterocycles. The lowest BCUT2D eigenvalue weighted by molar-refractivity contribution is 0.103. The van der Waals surface area contributed by atoms with E-state index >= 15 is 0 Å². The number of aromatic amines is 2. The van der Waals surface area contributed by atoms with Crippen LogP contribution in [0.1, 0.15) is 38.2 Å². The number of aryl methyl sites for hydroxylation is 4. The molecule has 36 heavy (non-hydrogen) atoms.